The summed E-state index contributed by atoms with van der Waals surface area (Å²) in [4.78, 5) is 21.6. The Labute approximate surface area is 313 Å². The summed E-state index contributed by atoms with van der Waals surface area (Å²) in [6.45, 7) is 6.40. The van der Waals surface area contributed by atoms with E-state index in [1.165, 1.54) is 35.4 Å². The van der Waals surface area contributed by atoms with Crippen LogP contribution in [0, 0.1) is 18.6 Å². The summed E-state index contributed by atoms with van der Waals surface area (Å²) in [5, 5.41) is 0.403. The molecule has 5 aromatic rings. The summed E-state index contributed by atoms with van der Waals surface area (Å²) in [5.41, 5.74) is 4.83. The van der Waals surface area contributed by atoms with Crippen molar-refractivity contribution in [2.75, 3.05) is 32.8 Å². The van der Waals surface area contributed by atoms with Gasteiger partial charge in [0.2, 0.25) is 11.8 Å². The first kappa shape index (κ1) is 38.3. The molecule has 2 heterocycles. The number of ether oxygens (including phenoxy) is 3. The van der Waals surface area contributed by atoms with Crippen molar-refractivity contribution < 1.29 is 27.8 Å². The topological polar surface area (TPSA) is 64.1 Å². The summed E-state index contributed by atoms with van der Waals surface area (Å²) in [6.07, 6.45) is 5.68. The molecule has 1 fully saturated rings. The fourth-order valence-corrected chi connectivity index (χ4v) is 5.95. The van der Waals surface area contributed by atoms with Gasteiger partial charge in [0.05, 0.1) is 17.8 Å². The molecule has 1 amide bonds. The van der Waals surface area contributed by atoms with Gasteiger partial charge in [0.15, 0.2) is 5.75 Å². The van der Waals surface area contributed by atoms with Crippen molar-refractivity contribution in [2.45, 2.75) is 26.5 Å². The van der Waals surface area contributed by atoms with Gasteiger partial charge in [-0.2, -0.15) is 0 Å². The lowest BCUT2D eigenvalue weighted by Gasteiger charge is -2.34. The third kappa shape index (κ3) is 11.0. The van der Waals surface area contributed by atoms with Crippen LogP contribution in [0.5, 0.6) is 23.1 Å². The molecule has 1 aromatic heterocycles. The van der Waals surface area contributed by atoms with E-state index in [4.69, 9.17) is 25.8 Å². The van der Waals surface area contributed by atoms with Crippen LogP contribution in [-0.4, -0.2) is 53.5 Å². The highest BCUT2D eigenvalue weighted by molar-refractivity contribution is 6.32. The number of hydrogen-bond acceptors (Lipinski definition) is 6. The van der Waals surface area contributed by atoms with Gasteiger partial charge in [-0.1, -0.05) is 48.0 Å². The first-order chi connectivity index (χ1) is 24.8. The highest BCUT2D eigenvalue weighted by Gasteiger charge is 2.20. The number of rotatable bonds is 13. The summed E-state index contributed by atoms with van der Waals surface area (Å²) < 4.78 is 43.6. The molecule has 1 aliphatic heterocycles. The average Bonchev–Trinajstić information content (AvgIpc) is 3.14. The van der Waals surface area contributed by atoms with E-state index >= 15 is 0 Å². The van der Waals surface area contributed by atoms with Gasteiger partial charge in [-0.05, 0) is 95.4 Å². The number of piperazine rings is 1. The van der Waals surface area contributed by atoms with Crippen LogP contribution in [0.3, 0.4) is 0 Å². The zero-order chi connectivity index (χ0) is 35.6. The number of carbonyl (C=O) groups excluding carboxylic acids is 1. The van der Waals surface area contributed by atoms with Crippen LogP contribution in [0.15, 0.2) is 109 Å². The van der Waals surface area contributed by atoms with Crippen molar-refractivity contribution in [3.05, 3.63) is 154 Å². The molecule has 1 aliphatic rings. The molecule has 0 saturated carbocycles. The molecular formula is C41H39Cl2F2N3O4. The fourth-order valence-electron chi connectivity index (χ4n) is 5.63. The van der Waals surface area contributed by atoms with Crippen LogP contribution in [-0.2, 0) is 24.4 Å². The number of aryl methyl sites for hydroxylation is 1. The lowest BCUT2D eigenvalue weighted by atomic mass is 10.1. The summed E-state index contributed by atoms with van der Waals surface area (Å²) >= 11 is 6.59. The smallest absolute Gasteiger partial charge is 0.246 e. The minimum absolute atomic E-state index is 0. The molecular weight excluding hydrogens is 707 g/mol. The van der Waals surface area contributed by atoms with E-state index in [0.29, 0.717) is 47.8 Å². The normalized spacial score (nSPS) is 13.1. The molecule has 7 nitrogen and oxygen atoms in total. The molecule has 6 rings (SSSR count). The van der Waals surface area contributed by atoms with E-state index in [2.05, 4.69) is 34.1 Å². The van der Waals surface area contributed by atoms with Crippen molar-refractivity contribution in [2.24, 2.45) is 0 Å². The Morgan fingerprint density at radius 3 is 2.10 bits per heavy atom. The molecule has 0 atom stereocenters. The SMILES string of the molecule is Cc1cc(C=CC(=O)N2CCN(Cc3ccc(CCOc4ccc(F)cc4)cc3)CC2)cc(Cl)c1Oc1ccc(OCc2ccc(F)cc2)cn1.Cl. The minimum Gasteiger partial charge on any atom is -0.493 e. The van der Waals surface area contributed by atoms with Gasteiger partial charge >= 0.3 is 0 Å². The lowest BCUT2D eigenvalue weighted by molar-refractivity contribution is -0.127. The number of benzene rings is 4. The molecule has 52 heavy (non-hydrogen) atoms. The molecule has 0 N–H and O–H groups in total. The van der Waals surface area contributed by atoms with Crippen molar-refractivity contribution in [3.63, 3.8) is 0 Å². The Morgan fingerprint density at radius 1 is 0.808 bits per heavy atom. The molecule has 0 radical (unpaired) electrons. The predicted octanol–water partition coefficient (Wildman–Crippen LogP) is 9.09. The van der Waals surface area contributed by atoms with Crippen molar-refractivity contribution in [1.82, 2.24) is 14.8 Å². The van der Waals surface area contributed by atoms with Crippen LogP contribution in [0.4, 0.5) is 8.78 Å². The number of amides is 1. The highest BCUT2D eigenvalue weighted by atomic mass is 35.5. The van der Waals surface area contributed by atoms with E-state index in [1.807, 2.05) is 17.9 Å². The van der Waals surface area contributed by atoms with Gasteiger partial charge in [0.1, 0.15) is 29.7 Å². The van der Waals surface area contributed by atoms with Crippen molar-refractivity contribution >= 4 is 36.0 Å². The quantitative estimate of drug-likeness (QED) is 0.112. The average molecular weight is 747 g/mol. The fraction of sp³-hybridized carbons (Fsp3) is 0.220. The summed E-state index contributed by atoms with van der Waals surface area (Å²) in [7, 11) is 0. The lowest BCUT2D eigenvalue weighted by Crippen LogP contribution is -2.47. The number of nitrogens with zero attached hydrogens (tertiary/aromatic N) is 3. The molecule has 0 spiro atoms. The number of pyridine rings is 1. The number of halogens is 4. The second kappa shape index (κ2) is 18.5. The monoisotopic (exact) mass is 745 g/mol. The van der Waals surface area contributed by atoms with E-state index in [0.717, 1.165) is 42.7 Å². The van der Waals surface area contributed by atoms with Gasteiger partial charge in [0.25, 0.3) is 0 Å². The third-order valence-corrected chi connectivity index (χ3v) is 8.77. The predicted molar refractivity (Wildman–Crippen MR) is 201 cm³/mol. The Morgan fingerprint density at radius 2 is 1.44 bits per heavy atom. The maximum absolute atomic E-state index is 13.1. The second-order valence-electron chi connectivity index (χ2n) is 12.3. The van der Waals surface area contributed by atoms with E-state index < -0.39 is 0 Å². The second-order valence-corrected chi connectivity index (χ2v) is 12.7. The Hall–Kier alpha value is -4.96. The largest absolute Gasteiger partial charge is 0.493 e. The molecule has 0 unspecified atom stereocenters. The number of carbonyl (C=O) groups is 1. The molecule has 0 aliphatic carbocycles. The Balaban J connectivity index is 0.00000523. The molecule has 1 saturated heterocycles. The Bertz CT molecular complexity index is 1910. The number of aromatic nitrogens is 1. The molecule has 11 heteroatoms. The van der Waals surface area contributed by atoms with Crippen molar-refractivity contribution in [1.29, 1.82) is 0 Å². The first-order valence-corrected chi connectivity index (χ1v) is 17.1. The maximum Gasteiger partial charge on any atom is 0.246 e. The zero-order valence-electron chi connectivity index (χ0n) is 28.6. The van der Waals surface area contributed by atoms with E-state index in [1.54, 1.807) is 60.8 Å². The van der Waals surface area contributed by atoms with Gasteiger partial charge in [0, 0.05) is 51.3 Å². The van der Waals surface area contributed by atoms with E-state index in [9.17, 15) is 13.6 Å². The van der Waals surface area contributed by atoms with Crippen LogP contribution in [0.25, 0.3) is 6.08 Å². The van der Waals surface area contributed by atoms with Gasteiger partial charge in [-0.3, -0.25) is 9.69 Å². The number of hydrogen-bond donors (Lipinski definition) is 0. The van der Waals surface area contributed by atoms with Crippen LogP contribution >= 0.6 is 24.0 Å². The summed E-state index contributed by atoms with van der Waals surface area (Å²) in [5.74, 6) is 1.44. The van der Waals surface area contributed by atoms with Crippen LogP contribution < -0.4 is 14.2 Å². The Kier molecular flexibility index (Phi) is 13.6. The van der Waals surface area contributed by atoms with E-state index in [-0.39, 0.29) is 36.6 Å². The highest BCUT2D eigenvalue weighted by Crippen LogP contribution is 2.34. The minimum atomic E-state index is -0.292. The zero-order valence-corrected chi connectivity index (χ0v) is 30.2. The van der Waals surface area contributed by atoms with Gasteiger partial charge in [-0.25, -0.2) is 13.8 Å². The standard InChI is InChI=1S/C41H38ClF2N3O4.ClH/c1-29-24-33(25-38(42)41(29)51-39-16-15-37(26-45-39)50-28-32-6-9-34(43)10-7-32)8-17-40(48)47-21-19-46(20-22-47)27-31-4-2-30(3-5-31)18-23-49-36-13-11-35(44)12-14-36;/h2-17,24-26H,18-23,27-28H2,1H3;1H. The maximum atomic E-state index is 13.1. The van der Waals surface area contributed by atoms with Gasteiger partial charge in [-0.15, -0.1) is 12.4 Å². The molecule has 4 aromatic carbocycles. The van der Waals surface area contributed by atoms with Gasteiger partial charge < -0.3 is 19.1 Å². The first-order valence-electron chi connectivity index (χ1n) is 16.7. The summed E-state index contributed by atoms with van der Waals surface area (Å²) in [6, 6.07) is 27.8. The van der Waals surface area contributed by atoms with Crippen molar-refractivity contribution in [3.8, 4) is 23.1 Å². The third-order valence-electron chi connectivity index (χ3n) is 8.49. The molecule has 0 bridgehead atoms. The van der Waals surface area contributed by atoms with Crippen LogP contribution in [0.1, 0.15) is 27.8 Å². The van der Waals surface area contributed by atoms with Crippen LogP contribution in [0.2, 0.25) is 5.02 Å². The molecule has 270 valence electrons.